The molecule has 38 heavy (non-hydrogen) atoms. The Morgan fingerprint density at radius 2 is 1.13 bits per heavy atom. The third-order valence-corrected chi connectivity index (χ3v) is 7.38. The molecule has 5 atom stereocenters. The second-order valence-corrected chi connectivity index (χ2v) is 9.92. The lowest BCUT2D eigenvalue weighted by Crippen LogP contribution is -2.66. The molecule has 4 rings (SSSR count). The van der Waals surface area contributed by atoms with Crippen LogP contribution in [-0.2, 0) is 38.8 Å². The molecular weight excluding hydrogens is 480 g/mol. The van der Waals surface area contributed by atoms with Crippen molar-refractivity contribution in [1.29, 1.82) is 0 Å². The van der Waals surface area contributed by atoms with Gasteiger partial charge in [0.25, 0.3) is 0 Å². The molecule has 3 aromatic rings. The highest BCUT2D eigenvalue weighted by Crippen LogP contribution is 2.35. The molecule has 3 aromatic carbocycles. The Labute approximate surface area is 226 Å². The molecule has 6 heteroatoms. The third-order valence-electron chi connectivity index (χ3n) is 7.38. The predicted octanol–water partition coefficient (Wildman–Crippen LogP) is 5.05. The second-order valence-electron chi connectivity index (χ2n) is 9.92. The Hall–Kier alpha value is -2.58. The molecule has 0 saturated carbocycles. The summed E-state index contributed by atoms with van der Waals surface area (Å²) >= 11 is 0. The van der Waals surface area contributed by atoms with Crippen LogP contribution in [0.1, 0.15) is 43.4 Å². The van der Waals surface area contributed by atoms with Crippen molar-refractivity contribution in [2.24, 2.45) is 0 Å². The number of benzene rings is 3. The normalized spacial score (nSPS) is 23.8. The molecular formula is C32H40O6. The first-order valence-corrected chi connectivity index (χ1v) is 13.5. The minimum atomic E-state index is -1.21. The lowest BCUT2D eigenvalue weighted by molar-refractivity contribution is -0.293. The van der Waals surface area contributed by atoms with Crippen molar-refractivity contribution in [3.63, 3.8) is 0 Å². The summed E-state index contributed by atoms with van der Waals surface area (Å²) in [6.45, 7) is 5.08. The lowest BCUT2D eigenvalue weighted by atomic mass is 9.81. The molecule has 0 aromatic heterocycles. The second kappa shape index (κ2) is 14.0. The average molecular weight is 521 g/mol. The number of hydrogen-bond donors (Lipinski definition) is 2. The Kier molecular flexibility index (Phi) is 10.5. The predicted molar refractivity (Wildman–Crippen MR) is 146 cm³/mol. The molecule has 6 nitrogen and oxygen atoms in total. The SMILES string of the molecule is CCC(O)(CC)[C@@H]1O[C@H](COCc2ccccc2)[C@H](OCc2ccccc2)[C@H](OCc2ccccc2)[C@H]1O. The first-order valence-electron chi connectivity index (χ1n) is 13.5. The van der Waals surface area contributed by atoms with Crippen LogP contribution >= 0.6 is 0 Å². The van der Waals surface area contributed by atoms with Crippen molar-refractivity contribution in [1.82, 2.24) is 0 Å². The molecule has 0 bridgehead atoms. The van der Waals surface area contributed by atoms with E-state index in [1.807, 2.05) is 105 Å². The third kappa shape index (κ3) is 7.29. The van der Waals surface area contributed by atoms with Gasteiger partial charge in [-0.05, 0) is 29.5 Å². The Morgan fingerprint density at radius 1 is 0.684 bits per heavy atom. The van der Waals surface area contributed by atoms with Crippen molar-refractivity contribution in [2.75, 3.05) is 6.61 Å². The highest BCUT2D eigenvalue weighted by atomic mass is 16.6. The molecule has 0 unspecified atom stereocenters. The van der Waals surface area contributed by atoms with E-state index in [0.29, 0.717) is 32.7 Å². The minimum absolute atomic E-state index is 0.228. The minimum Gasteiger partial charge on any atom is -0.387 e. The van der Waals surface area contributed by atoms with E-state index < -0.39 is 36.1 Å². The number of aliphatic hydroxyl groups excluding tert-OH is 1. The van der Waals surface area contributed by atoms with Crippen molar-refractivity contribution < 1.29 is 29.2 Å². The summed E-state index contributed by atoms with van der Waals surface area (Å²) in [5, 5.41) is 23.0. The van der Waals surface area contributed by atoms with E-state index in [0.717, 1.165) is 16.7 Å². The smallest absolute Gasteiger partial charge is 0.115 e. The standard InChI is InChI=1S/C32H40O6/c1-3-32(34,4-2)31-28(33)30(37-22-26-18-12-7-13-19-26)29(36-21-25-16-10-6-11-17-25)27(38-31)23-35-20-24-14-8-5-9-15-24/h5-19,27-31,33-34H,3-4,20-23H2,1-2H3/t27-,28-,29+,30-,31-/m1/s1. The van der Waals surface area contributed by atoms with Gasteiger partial charge in [0.05, 0.1) is 32.0 Å². The zero-order valence-corrected chi connectivity index (χ0v) is 22.3. The lowest BCUT2D eigenvalue weighted by Gasteiger charge is -2.49. The summed E-state index contributed by atoms with van der Waals surface area (Å²) in [6.07, 6.45) is -2.96. The van der Waals surface area contributed by atoms with Gasteiger partial charge in [-0.25, -0.2) is 0 Å². The van der Waals surface area contributed by atoms with Crippen LogP contribution in [0.2, 0.25) is 0 Å². The van der Waals surface area contributed by atoms with Gasteiger partial charge in [-0.15, -0.1) is 0 Å². The van der Waals surface area contributed by atoms with Crippen molar-refractivity contribution in [2.45, 2.75) is 82.6 Å². The van der Waals surface area contributed by atoms with E-state index >= 15 is 0 Å². The maximum atomic E-state index is 11.6. The van der Waals surface area contributed by atoms with Crippen molar-refractivity contribution in [3.8, 4) is 0 Å². The summed E-state index contributed by atoms with van der Waals surface area (Å²) in [5.41, 5.74) is 1.84. The number of aliphatic hydroxyl groups is 2. The molecule has 1 aliphatic rings. The number of hydrogen-bond acceptors (Lipinski definition) is 6. The summed E-state index contributed by atoms with van der Waals surface area (Å²) in [6, 6.07) is 29.7. The van der Waals surface area contributed by atoms with Gasteiger partial charge in [-0.1, -0.05) is 105 Å². The average Bonchev–Trinajstić information content (AvgIpc) is 2.97. The monoisotopic (exact) mass is 520 g/mol. The summed E-state index contributed by atoms with van der Waals surface area (Å²) in [5.74, 6) is 0. The summed E-state index contributed by atoms with van der Waals surface area (Å²) in [7, 11) is 0. The van der Waals surface area contributed by atoms with Gasteiger partial charge in [-0.3, -0.25) is 0 Å². The first-order chi connectivity index (χ1) is 18.5. The molecule has 1 aliphatic heterocycles. The fraction of sp³-hybridized carbons (Fsp3) is 0.438. The fourth-order valence-corrected chi connectivity index (χ4v) is 4.95. The first kappa shape index (κ1) is 28.4. The van der Waals surface area contributed by atoms with Gasteiger partial charge < -0.3 is 29.2 Å². The zero-order chi connectivity index (χ0) is 26.8. The number of ether oxygens (including phenoxy) is 4. The summed E-state index contributed by atoms with van der Waals surface area (Å²) < 4.78 is 25.3. The van der Waals surface area contributed by atoms with Crippen LogP contribution in [0.15, 0.2) is 91.0 Å². The van der Waals surface area contributed by atoms with Crippen LogP contribution in [0, 0.1) is 0 Å². The highest BCUT2D eigenvalue weighted by molar-refractivity contribution is 5.15. The quantitative estimate of drug-likeness (QED) is 0.328. The van der Waals surface area contributed by atoms with Crippen LogP contribution in [0.3, 0.4) is 0 Å². The van der Waals surface area contributed by atoms with Crippen LogP contribution in [0.4, 0.5) is 0 Å². The van der Waals surface area contributed by atoms with Crippen LogP contribution < -0.4 is 0 Å². The Morgan fingerprint density at radius 3 is 1.61 bits per heavy atom. The Balaban J connectivity index is 1.58. The van der Waals surface area contributed by atoms with E-state index in [4.69, 9.17) is 18.9 Å². The van der Waals surface area contributed by atoms with Gasteiger partial charge in [0.15, 0.2) is 0 Å². The summed E-state index contributed by atoms with van der Waals surface area (Å²) in [4.78, 5) is 0. The molecule has 1 saturated heterocycles. The van der Waals surface area contributed by atoms with Gasteiger partial charge in [0, 0.05) is 0 Å². The van der Waals surface area contributed by atoms with Crippen LogP contribution in [0.25, 0.3) is 0 Å². The fourth-order valence-electron chi connectivity index (χ4n) is 4.95. The van der Waals surface area contributed by atoms with E-state index in [-0.39, 0.29) is 6.61 Å². The maximum Gasteiger partial charge on any atom is 0.115 e. The van der Waals surface area contributed by atoms with Gasteiger partial charge in [0.1, 0.15) is 30.5 Å². The van der Waals surface area contributed by atoms with Crippen LogP contribution in [0.5, 0.6) is 0 Å². The molecule has 0 aliphatic carbocycles. The zero-order valence-electron chi connectivity index (χ0n) is 22.3. The van der Waals surface area contributed by atoms with E-state index in [9.17, 15) is 10.2 Å². The van der Waals surface area contributed by atoms with E-state index in [2.05, 4.69) is 0 Å². The van der Waals surface area contributed by atoms with Crippen LogP contribution in [-0.4, -0.2) is 52.9 Å². The van der Waals surface area contributed by atoms with Crippen molar-refractivity contribution >= 4 is 0 Å². The number of rotatable bonds is 13. The van der Waals surface area contributed by atoms with Gasteiger partial charge >= 0.3 is 0 Å². The molecule has 204 valence electrons. The van der Waals surface area contributed by atoms with Gasteiger partial charge in [-0.2, -0.15) is 0 Å². The van der Waals surface area contributed by atoms with Gasteiger partial charge in [0.2, 0.25) is 0 Å². The van der Waals surface area contributed by atoms with E-state index in [1.54, 1.807) is 0 Å². The Bertz CT molecular complexity index is 1060. The topological polar surface area (TPSA) is 77.4 Å². The van der Waals surface area contributed by atoms with E-state index in [1.165, 1.54) is 0 Å². The largest absolute Gasteiger partial charge is 0.387 e. The molecule has 0 amide bonds. The molecule has 0 spiro atoms. The maximum absolute atomic E-state index is 11.6. The highest BCUT2D eigenvalue weighted by Gasteiger charge is 2.53. The molecule has 1 fully saturated rings. The molecule has 1 heterocycles. The van der Waals surface area contributed by atoms with Crippen molar-refractivity contribution in [3.05, 3.63) is 108 Å². The molecule has 0 radical (unpaired) electrons. The molecule has 2 N–H and O–H groups in total.